The number of hydrogen-bond donors (Lipinski definition) is 2. The number of fused-ring (bicyclic) bond motifs is 1. The van der Waals surface area contributed by atoms with Crippen LogP contribution in [0.15, 0.2) is 29.3 Å². The number of nitrogens with zero attached hydrogens (tertiary/aromatic N) is 2. The standard InChI is InChI=1S/C19H28N4O2/c1-18(2,3)22-17-19(9-10-23(13-19)16(24)12-25-4)20-11-14-7-5-6-8-15(14)21-17/h5-8,20H,9-13H2,1-4H3,(H,21,22)/t19-/m0/s1. The first-order valence-corrected chi connectivity index (χ1v) is 8.80. The molecular formula is C19H28N4O2. The lowest BCUT2D eigenvalue weighted by Gasteiger charge is -2.32. The minimum atomic E-state index is -0.351. The van der Waals surface area contributed by atoms with Gasteiger partial charge in [-0.2, -0.15) is 0 Å². The fourth-order valence-electron chi connectivity index (χ4n) is 3.44. The number of likely N-dealkylation sites (tertiary alicyclic amines) is 1. The molecule has 1 spiro atoms. The fraction of sp³-hybridized carbons (Fsp3) is 0.579. The van der Waals surface area contributed by atoms with E-state index in [-0.39, 0.29) is 23.6 Å². The van der Waals surface area contributed by atoms with E-state index in [2.05, 4.69) is 43.5 Å². The lowest BCUT2D eigenvalue weighted by Crippen LogP contribution is -2.56. The zero-order valence-corrected chi connectivity index (χ0v) is 15.6. The van der Waals surface area contributed by atoms with Gasteiger partial charge in [0.2, 0.25) is 5.91 Å². The van der Waals surface area contributed by atoms with E-state index in [9.17, 15) is 4.79 Å². The van der Waals surface area contributed by atoms with Gasteiger partial charge < -0.3 is 15.0 Å². The number of aliphatic imine (C=N–C) groups is 1. The van der Waals surface area contributed by atoms with Crippen LogP contribution in [0.25, 0.3) is 0 Å². The molecular weight excluding hydrogens is 316 g/mol. The maximum absolute atomic E-state index is 12.3. The Labute approximate surface area is 149 Å². The van der Waals surface area contributed by atoms with E-state index in [0.717, 1.165) is 24.5 Å². The van der Waals surface area contributed by atoms with Crippen molar-refractivity contribution < 1.29 is 9.53 Å². The zero-order chi connectivity index (χ0) is 18.1. The molecule has 1 amide bonds. The minimum Gasteiger partial charge on any atom is -0.375 e. The first-order chi connectivity index (χ1) is 11.8. The van der Waals surface area contributed by atoms with Crippen molar-refractivity contribution in [1.29, 1.82) is 0 Å². The predicted octanol–water partition coefficient (Wildman–Crippen LogP) is 2.02. The van der Waals surface area contributed by atoms with Gasteiger partial charge in [0.1, 0.15) is 12.4 Å². The van der Waals surface area contributed by atoms with E-state index in [1.165, 1.54) is 5.56 Å². The number of para-hydroxylation sites is 1. The number of ether oxygens (including phenoxy) is 1. The molecule has 1 saturated heterocycles. The Morgan fingerprint density at radius 2 is 2.12 bits per heavy atom. The highest BCUT2D eigenvalue weighted by Crippen LogP contribution is 2.30. The number of nitrogens with one attached hydrogen (secondary N) is 2. The van der Waals surface area contributed by atoms with E-state index in [1.807, 2.05) is 17.0 Å². The van der Waals surface area contributed by atoms with Gasteiger partial charge in [-0.3, -0.25) is 15.1 Å². The minimum absolute atomic E-state index is 0.0260. The number of methoxy groups -OCH3 is 1. The van der Waals surface area contributed by atoms with Crippen LogP contribution in [0, 0.1) is 0 Å². The first kappa shape index (κ1) is 17.9. The van der Waals surface area contributed by atoms with E-state index in [1.54, 1.807) is 7.11 Å². The van der Waals surface area contributed by atoms with Gasteiger partial charge in [0.05, 0.1) is 11.1 Å². The van der Waals surface area contributed by atoms with Crippen molar-refractivity contribution in [2.75, 3.05) is 32.1 Å². The van der Waals surface area contributed by atoms with E-state index in [0.29, 0.717) is 13.1 Å². The molecule has 136 valence electrons. The third-order valence-electron chi connectivity index (χ3n) is 4.68. The molecule has 1 atom stereocenters. The average molecular weight is 344 g/mol. The summed E-state index contributed by atoms with van der Waals surface area (Å²) in [5, 5.41) is 7.24. The molecule has 1 aromatic carbocycles. The number of benzene rings is 1. The molecule has 0 aromatic heterocycles. The summed E-state index contributed by atoms with van der Waals surface area (Å²) >= 11 is 0. The van der Waals surface area contributed by atoms with Gasteiger partial charge in [-0.25, -0.2) is 0 Å². The topological polar surface area (TPSA) is 66.0 Å². The van der Waals surface area contributed by atoms with Crippen molar-refractivity contribution in [2.45, 2.75) is 44.8 Å². The highest BCUT2D eigenvalue weighted by Gasteiger charge is 2.45. The van der Waals surface area contributed by atoms with E-state index >= 15 is 0 Å². The third kappa shape index (κ3) is 3.85. The zero-order valence-electron chi connectivity index (χ0n) is 15.6. The van der Waals surface area contributed by atoms with Gasteiger partial charge >= 0.3 is 0 Å². The molecule has 1 aromatic rings. The van der Waals surface area contributed by atoms with Crippen molar-refractivity contribution in [3.05, 3.63) is 29.8 Å². The summed E-state index contributed by atoms with van der Waals surface area (Å²) in [5.74, 6) is 0.940. The van der Waals surface area contributed by atoms with Crippen LogP contribution >= 0.6 is 0 Å². The molecule has 0 saturated carbocycles. The quantitative estimate of drug-likeness (QED) is 0.861. The summed E-state index contributed by atoms with van der Waals surface area (Å²) in [6, 6.07) is 8.27. The Kier molecular flexibility index (Phi) is 4.84. The molecule has 0 unspecified atom stereocenters. The monoisotopic (exact) mass is 344 g/mol. The van der Waals surface area contributed by atoms with Crippen LogP contribution in [0.4, 0.5) is 5.69 Å². The number of hydrogen-bond acceptors (Lipinski definition) is 4. The van der Waals surface area contributed by atoms with Crippen LogP contribution in [-0.4, -0.2) is 54.5 Å². The van der Waals surface area contributed by atoms with Gasteiger partial charge in [-0.1, -0.05) is 18.2 Å². The highest BCUT2D eigenvalue weighted by molar-refractivity contribution is 6.04. The Morgan fingerprint density at radius 1 is 1.36 bits per heavy atom. The number of amides is 1. The van der Waals surface area contributed by atoms with Gasteiger partial charge in [0, 0.05) is 32.4 Å². The molecule has 2 aliphatic rings. The molecule has 0 aliphatic carbocycles. The average Bonchev–Trinajstić information content (AvgIpc) is 2.92. The number of carbonyl (C=O) groups is 1. The Hall–Kier alpha value is -1.92. The number of carbonyl (C=O) groups excluding carboxylic acids is 1. The Bertz CT molecular complexity index is 680. The fourth-order valence-corrected chi connectivity index (χ4v) is 3.44. The number of rotatable bonds is 2. The molecule has 0 bridgehead atoms. The molecule has 6 heteroatoms. The van der Waals surface area contributed by atoms with Crippen LogP contribution in [0.3, 0.4) is 0 Å². The Morgan fingerprint density at radius 3 is 2.84 bits per heavy atom. The van der Waals surface area contributed by atoms with Gasteiger partial charge in [-0.15, -0.1) is 0 Å². The second-order valence-corrected chi connectivity index (χ2v) is 7.85. The van der Waals surface area contributed by atoms with Crippen LogP contribution in [0.2, 0.25) is 0 Å². The molecule has 6 nitrogen and oxygen atoms in total. The summed E-state index contributed by atoms with van der Waals surface area (Å²) in [5.41, 5.74) is 1.73. The highest BCUT2D eigenvalue weighted by atomic mass is 16.5. The van der Waals surface area contributed by atoms with Crippen molar-refractivity contribution in [2.24, 2.45) is 4.99 Å². The smallest absolute Gasteiger partial charge is 0.248 e. The predicted molar refractivity (Wildman–Crippen MR) is 99.9 cm³/mol. The molecule has 2 heterocycles. The summed E-state index contributed by atoms with van der Waals surface area (Å²) in [6.45, 7) is 8.45. The second-order valence-electron chi connectivity index (χ2n) is 7.85. The summed E-state index contributed by atoms with van der Waals surface area (Å²) in [4.78, 5) is 19.1. The lowest BCUT2D eigenvalue weighted by molar-refractivity contribution is -0.134. The van der Waals surface area contributed by atoms with Crippen LogP contribution < -0.4 is 10.6 Å². The first-order valence-electron chi connectivity index (χ1n) is 8.80. The number of anilines is 1. The van der Waals surface area contributed by atoms with Crippen molar-refractivity contribution in [1.82, 2.24) is 10.2 Å². The van der Waals surface area contributed by atoms with E-state index < -0.39 is 0 Å². The van der Waals surface area contributed by atoms with Gasteiger partial charge in [-0.05, 0) is 38.8 Å². The van der Waals surface area contributed by atoms with Crippen molar-refractivity contribution in [3.8, 4) is 0 Å². The Balaban J connectivity index is 1.94. The molecule has 0 radical (unpaired) electrons. The summed E-state index contributed by atoms with van der Waals surface area (Å²) < 4.78 is 5.02. The van der Waals surface area contributed by atoms with Crippen LogP contribution in [0.1, 0.15) is 32.8 Å². The van der Waals surface area contributed by atoms with Crippen LogP contribution in [-0.2, 0) is 16.1 Å². The molecule has 1 fully saturated rings. The summed E-state index contributed by atoms with van der Waals surface area (Å²) in [6.07, 6.45) is 0.832. The lowest BCUT2D eigenvalue weighted by atomic mass is 9.95. The third-order valence-corrected chi connectivity index (χ3v) is 4.68. The largest absolute Gasteiger partial charge is 0.375 e. The van der Waals surface area contributed by atoms with Gasteiger partial charge in [0.25, 0.3) is 0 Å². The summed E-state index contributed by atoms with van der Waals surface area (Å²) in [7, 11) is 1.55. The van der Waals surface area contributed by atoms with Crippen LogP contribution in [0.5, 0.6) is 0 Å². The maximum atomic E-state index is 12.3. The van der Waals surface area contributed by atoms with Crippen molar-refractivity contribution in [3.63, 3.8) is 0 Å². The normalized spacial score (nSPS) is 25.0. The van der Waals surface area contributed by atoms with E-state index in [4.69, 9.17) is 9.73 Å². The van der Waals surface area contributed by atoms with Crippen molar-refractivity contribution >= 4 is 17.4 Å². The SMILES string of the molecule is COCC(=O)N1CC[C@@]2(C1)NCc1ccccc1NC2=NC(C)(C)C. The molecule has 3 rings (SSSR count). The van der Waals surface area contributed by atoms with Gasteiger partial charge in [0.15, 0.2) is 0 Å². The molecule has 2 N–H and O–H groups in total. The number of amidine groups is 1. The molecule has 2 aliphatic heterocycles. The maximum Gasteiger partial charge on any atom is 0.248 e. The second kappa shape index (κ2) is 6.77. The molecule has 25 heavy (non-hydrogen) atoms.